The quantitative estimate of drug-likeness (QED) is 0.318. The maximum absolute atomic E-state index is 13.0. The van der Waals surface area contributed by atoms with Crippen molar-refractivity contribution in [2.75, 3.05) is 28.4 Å². The SMILES string of the molecule is COc1cc(OC)cc(C(=O)C(=O)c2cc(C(=O)C(=O)c3cc(OC)cc(OC)c3)c(O)cc2O)c1. The molecule has 10 heteroatoms. The summed E-state index contributed by atoms with van der Waals surface area (Å²) >= 11 is 0. The fourth-order valence-corrected chi connectivity index (χ4v) is 3.32. The highest BCUT2D eigenvalue weighted by Gasteiger charge is 2.28. The molecule has 0 aromatic heterocycles. The zero-order valence-electron chi connectivity index (χ0n) is 19.8. The zero-order valence-corrected chi connectivity index (χ0v) is 19.8. The summed E-state index contributed by atoms with van der Waals surface area (Å²) < 4.78 is 20.4. The molecule has 0 bridgehead atoms. The second-order valence-electron chi connectivity index (χ2n) is 7.41. The van der Waals surface area contributed by atoms with Crippen molar-refractivity contribution < 1.29 is 48.3 Å². The lowest BCUT2D eigenvalue weighted by Gasteiger charge is -2.11. The second kappa shape index (κ2) is 10.6. The predicted octanol–water partition coefficient (Wildman–Crippen LogP) is 3.26. The first kappa shape index (κ1) is 25.8. The number of ether oxygens (including phenoxy) is 4. The van der Waals surface area contributed by atoms with Gasteiger partial charge in [-0.05, 0) is 30.3 Å². The summed E-state index contributed by atoms with van der Waals surface area (Å²) in [6, 6.07) is 9.68. The van der Waals surface area contributed by atoms with E-state index in [4.69, 9.17) is 18.9 Å². The first-order valence-electron chi connectivity index (χ1n) is 10.3. The van der Waals surface area contributed by atoms with Gasteiger partial charge in [0.05, 0.1) is 39.6 Å². The molecule has 0 fully saturated rings. The lowest BCUT2D eigenvalue weighted by Crippen LogP contribution is -2.18. The van der Waals surface area contributed by atoms with Crippen molar-refractivity contribution in [1.82, 2.24) is 0 Å². The van der Waals surface area contributed by atoms with Crippen LogP contribution in [0.3, 0.4) is 0 Å². The van der Waals surface area contributed by atoms with Gasteiger partial charge >= 0.3 is 0 Å². The molecule has 0 aliphatic carbocycles. The summed E-state index contributed by atoms with van der Waals surface area (Å²) in [6.45, 7) is 0. The summed E-state index contributed by atoms with van der Waals surface area (Å²) in [5.74, 6) is -5.00. The van der Waals surface area contributed by atoms with E-state index in [1.807, 2.05) is 0 Å². The van der Waals surface area contributed by atoms with Gasteiger partial charge in [-0.25, -0.2) is 0 Å². The number of Topliss-reactive ketones (excluding diaryl/α,β-unsaturated/α-hetero) is 4. The maximum atomic E-state index is 13.0. The van der Waals surface area contributed by atoms with E-state index in [0.29, 0.717) is 6.07 Å². The van der Waals surface area contributed by atoms with E-state index in [0.717, 1.165) is 6.07 Å². The number of ketones is 4. The molecule has 0 saturated carbocycles. The van der Waals surface area contributed by atoms with E-state index >= 15 is 0 Å². The molecule has 10 nitrogen and oxygen atoms in total. The van der Waals surface area contributed by atoms with Gasteiger partial charge in [0.2, 0.25) is 23.1 Å². The summed E-state index contributed by atoms with van der Waals surface area (Å²) in [5, 5.41) is 20.5. The molecule has 0 aliphatic heterocycles. The number of carbonyl (C=O) groups is 4. The van der Waals surface area contributed by atoms with E-state index in [1.54, 1.807) is 0 Å². The summed E-state index contributed by atoms with van der Waals surface area (Å²) in [7, 11) is 5.46. The Morgan fingerprint density at radius 1 is 0.472 bits per heavy atom. The second-order valence-corrected chi connectivity index (χ2v) is 7.41. The molecule has 0 radical (unpaired) electrons. The Morgan fingerprint density at radius 2 is 0.778 bits per heavy atom. The number of methoxy groups -OCH3 is 4. The molecule has 186 valence electrons. The number of phenols is 2. The van der Waals surface area contributed by atoms with Gasteiger partial charge in [-0.3, -0.25) is 19.2 Å². The van der Waals surface area contributed by atoms with E-state index in [1.165, 1.54) is 64.8 Å². The van der Waals surface area contributed by atoms with E-state index < -0.39 is 45.8 Å². The topological polar surface area (TPSA) is 146 Å². The van der Waals surface area contributed by atoms with Crippen molar-refractivity contribution >= 4 is 23.1 Å². The number of benzene rings is 3. The standard InChI is InChI=1S/C26H22O10/c1-33-15-5-13(6-16(9-15)34-2)23(29)25(31)19-11-20(22(28)12-21(19)27)26(32)24(30)14-7-17(35-3)10-18(8-14)36-4/h5-12,27-28H,1-4H3. The van der Waals surface area contributed by atoms with Gasteiger partial charge in [0.15, 0.2) is 0 Å². The van der Waals surface area contributed by atoms with Crippen LogP contribution < -0.4 is 18.9 Å². The Balaban J connectivity index is 2.01. The van der Waals surface area contributed by atoms with Crippen LogP contribution in [0.5, 0.6) is 34.5 Å². The van der Waals surface area contributed by atoms with Gasteiger partial charge in [0.25, 0.3) is 0 Å². The lowest BCUT2D eigenvalue weighted by molar-refractivity contribution is 0.0809. The van der Waals surface area contributed by atoms with E-state index in [2.05, 4.69) is 0 Å². The zero-order chi connectivity index (χ0) is 26.6. The summed E-state index contributed by atoms with van der Waals surface area (Å²) in [4.78, 5) is 51.7. The number of phenolic OH excluding ortho intramolecular Hbond substituents is 2. The van der Waals surface area contributed by atoms with Crippen LogP contribution in [0.2, 0.25) is 0 Å². The summed E-state index contributed by atoms with van der Waals surface area (Å²) in [5.41, 5.74) is -1.37. The Kier molecular flexibility index (Phi) is 7.58. The van der Waals surface area contributed by atoms with Gasteiger partial charge in [0, 0.05) is 29.3 Å². The Morgan fingerprint density at radius 3 is 1.06 bits per heavy atom. The fourth-order valence-electron chi connectivity index (χ4n) is 3.32. The molecule has 0 spiro atoms. The van der Waals surface area contributed by atoms with Gasteiger partial charge in [-0.1, -0.05) is 0 Å². The molecular weight excluding hydrogens is 472 g/mol. The van der Waals surface area contributed by atoms with Crippen LogP contribution in [-0.4, -0.2) is 61.8 Å². The number of aromatic hydroxyl groups is 2. The minimum Gasteiger partial charge on any atom is -0.507 e. The van der Waals surface area contributed by atoms with Crippen LogP contribution in [0.25, 0.3) is 0 Å². The highest BCUT2D eigenvalue weighted by Crippen LogP contribution is 2.31. The third kappa shape index (κ3) is 5.12. The van der Waals surface area contributed by atoms with Gasteiger partial charge in [0.1, 0.15) is 34.5 Å². The van der Waals surface area contributed by atoms with Gasteiger partial charge in [-0.2, -0.15) is 0 Å². The number of carbonyl (C=O) groups excluding carboxylic acids is 4. The molecule has 3 aromatic rings. The Bertz CT molecular complexity index is 1230. The molecule has 0 unspecified atom stereocenters. The average Bonchev–Trinajstić information content (AvgIpc) is 2.90. The van der Waals surface area contributed by atoms with Crippen LogP contribution in [0.4, 0.5) is 0 Å². The molecule has 3 rings (SSSR count). The summed E-state index contributed by atoms with van der Waals surface area (Å²) in [6.07, 6.45) is 0. The number of hydrogen-bond acceptors (Lipinski definition) is 10. The number of rotatable bonds is 10. The molecule has 36 heavy (non-hydrogen) atoms. The highest BCUT2D eigenvalue weighted by atomic mass is 16.5. The molecule has 0 atom stereocenters. The van der Waals surface area contributed by atoms with Crippen molar-refractivity contribution in [3.63, 3.8) is 0 Å². The van der Waals surface area contributed by atoms with Crippen molar-refractivity contribution in [3.8, 4) is 34.5 Å². The van der Waals surface area contributed by atoms with Crippen molar-refractivity contribution in [2.45, 2.75) is 0 Å². The molecule has 0 saturated heterocycles. The number of hydrogen-bond donors (Lipinski definition) is 2. The molecular formula is C26H22O10. The van der Waals surface area contributed by atoms with Gasteiger partial charge in [-0.15, -0.1) is 0 Å². The molecule has 0 heterocycles. The third-order valence-electron chi connectivity index (χ3n) is 5.24. The minimum atomic E-state index is -1.19. The highest BCUT2D eigenvalue weighted by molar-refractivity contribution is 6.52. The smallest absolute Gasteiger partial charge is 0.237 e. The van der Waals surface area contributed by atoms with Crippen LogP contribution >= 0.6 is 0 Å². The van der Waals surface area contributed by atoms with Crippen LogP contribution in [-0.2, 0) is 0 Å². The maximum Gasteiger partial charge on any atom is 0.237 e. The molecule has 0 aliphatic rings. The van der Waals surface area contributed by atoms with Crippen molar-refractivity contribution in [2.24, 2.45) is 0 Å². The monoisotopic (exact) mass is 494 g/mol. The Hall–Kier alpha value is -4.86. The van der Waals surface area contributed by atoms with Crippen molar-refractivity contribution in [1.29, 1.82) is 0 Å². The van der Waals surface area contributed by atoms with Gasteiger partial charge < -0.3 is 29.2 Å². The van der Waals surface area contributed by atoms with Crippen LogP contribution in [0, 0.1) is 0 Å². The minimum absolute atomic E-state index is 0.101. The first-order chi connectivity index (χ1) is 17.1. The van der Waals surface area contributed by atoms with E-state index in [-0.39, 0.29) is 34.1 Å². The lowest BCUT2D eigenvalue weighted by atomic mass is 9.94. The van der Waals surface area contributed by atoms with E-state index in [9.17, 15) is 29.4 Å². The third-order valence-corrected chi connectivity index (χ3v) is 5.24. The molecule has 3 aromatic carbocycles. The average molecular weight is 494 g/mol. The fraction of sp³-hybridized carbons (Fsp3) is 0.154. The van der Waals surface area contributed by atoms with Crippen LogP contribution in [0.1, 0.15) is 41.4 Å². The predicted molar refractivity (Wildman–Crippen MR) is 126 cm³/mol. The van der Waals surface area contributed by atoms with Crippen LogP contribution in [0.15, 0.2) is 48.5 Å². The first-order valence-corrected chi connectivity index (χ1v) is 10.3. The molecule has 2 N–H and O–H groups in total. The Labute approximate surface area is 205 Å². The van der Waals surface area contributed by atoms with Crippen molar-refractivity contribution in [3.05, 3.63) is 70.8 Å². The molecule has 0 amide bonds. The largest absolute Gasteiger partial charge is 0.507 e. The normalized spacial score (nSPS) is 10.3.